The predicted molar refractivity (Wildman–Crippen MR) is 89.0 cm³/mol. The lowest BCUT2D eigenvalue weighted by atomic mass is 9.68. The summed E-state index contributed by atoms with van der Waals surface area (Å²) in [5, 5.41) is 0. The molecule has 0 aromatic heterocycles. The summed E-state index contributed by atoms with van der Waals surface area (Å²) < 4.78 is 0. The maximum atomic E-state index is 2.77. The Morgan fingerprint density at radius 3 is 1.85 bits per heavy atom. The Balaban J connectivity index is 1.82. The maximum Gasteiger partial charge on any atom is 0.0155 e. The van der Waals surface area contributed by atoms with Crippen molar-refractivity contribution in [1.29, 1.82) is 0 Å². The van der Waals surface area contributed by atoms with Gasteiger partial charge in [-0.1, -0.05) is 40.0 Å². The Hall–Kier alpha value is -0.0400. The van der Waals surface area contributed by atoms with E-state index in [1.807, 2.05) is 0 Å². The zero-order valence-corrected chi connectivity index (χ0v) is 14.7. The average Bonchev–Trinajstić information content (AvgIpc) is 2.39. The Labute approximate surface area is 127 Å². The zero-order chi connectivity index (χ0) is 14.8. The minimum atomic E-state index is 0.430. The van der Waals surface area contributed by atoms with Crippen molar-refractivity contribution in [3.8, 4) is 0 Å². The fourth-order valence-corrected chi connectivity index (χ4v) is 4.57. The van der Waals surface area contributed by atoms with Crippen molar-refractivity contribution in [2.24, 2.45) is 17.3 Å². The molecule has 0 radical (unpaired) electrons. The van der Waals surface area contributed by atoms with E-state index < -0.39 is 0 Å². The Bertz CT molecular complexity index is 285. The highest BCUT2D eigenvalue weighted by Gasteiger charge is 2.34. The van der Waals surface area contributed by atoms with E-state index in [0.29, 0.717) is 11.0 Å². The first kappa shape index (κ1) is 16.3. The van der Waals surface area contributed by atoms with Crippen molar-refractivity contribution in [2.75, 3.05) is 13.1 Å². The molecule has 1 aliphatic carbocycles. The van der Waals surface area contributed by atoms with Crippen molar-refractivity contribution in [3.63, 3.8) is 0 Å². The fourth-order valence-electron chi connectivity index (χ4n) is 4.57. The molecule has 1 heterocycles. The summed E-state index contributed by atoms with van der Waals surface area (Å²) in [4.78, 5) is 2.77. The number of likely N-dealkylation sites (tertiary alicyclic amines) is 1. The van der Waals surface area contributed by atoms with Crippen LogP contribution in [0.25, 0.3) is 0 Å². The molecule has 1 saturated carbocycles. The van der Waals surface area contributed by atoms with Gasteiger partial charge in [0.05, 0.1) is 0 Å². The molecule has 1 nitrogen and oxygen atoms in total. The largest absolute Gasteiger partial charge is 0.298 e. The predicted octanol–water partition coefficient (Wildman–Crippen LogP) is 5.49. The summed E-state index contributed by atoms with van der Waals surface area (Å²) in [6.07, 6.45) is 11.6. The summed E-state index contributed by atoms with van der Waals surface area (Å²) in [7, 11) is 0. The number of rotatable bonds is 3. The van der Waals surface area contributed by atoms with Gasteiger partial charge in [0, 0.05) is 5.54 Å². The standard InChI is InChI=1S/C19H37N/c1-18(2,3)17-11-9-16(10-12-17)15-19(4,5)20-13-7-6-8-14-20/h16-17H,6-15H2,1-5H3. The third-order valence-corrected chi connectivity index (χ3v) is 6.07. The molecule has 0 atom stereocenters. The molecule has 0 unspecified atom stereocenters. The van der Waals surface area contributed by atoms with Crippen molar-refractivity contribution in [3.05, 3.63) is 0 Å². The second kappa shape index (κ2) is 6.38. The minimum absolute atomic E-state index is 0.430. The van der Waals surface area contributed by atoms with Crippen LogP contribution in [0, 0.1) is 17.3 Å². The lowest BCUT2D eigenvalue weighted by Crippen LogP contribution is -2.48. The zero-order valence-electron chi connectivity index (χ0n) is 14.7. The van der Waals surface area contributed by atoms with E-state index in [2.05, 4.69) is 39.5 Å². The van der Waals surface area contributed by atoms with Gasteiger partial charge in [0.2, 0.25) is 0 Å². The van der Waals surface area contributed by atoms with Crippen LogP contribution in [0.3, 0.4) is 0 Å². The molecular weight excluding hydrogens is 242 g/mol. The van der Waals surface area contributed by atoms with Gasteiger partial charge in [-0.25, -0.2) is 0 Å². The van der Waals surface area contributed by atoms with Crippen LogP contribution in [0.4, 0.5) is 0 Å². The summed E-state index contributed by atoms with van der Waals surface area (Å²) in [6, 6.07) is 0. The highest BCUT2D eigenvalue weighted by Crippen LogP contribution is 2.42. The van der Waals surface area contributed by atoms with Crippen LogP contribution >= 0.6 is 0 Å². The Morgan fingerprint density at radius 1 is 0.800 bits per heavy atom. The fraction of sp³-hybridized carbons (Fsp3) is 1.00. The van der Waals surface area contributed by atoms with Crippen LogP contribution in [0.2, 0.25) is 0 Å². The van der Waals surface area contributed by atoms with E-state index in [4.69, 9.17) is 0 Å². The number of nitrogens with zero attached hydrogens (tertiary/aromatic N) is 1. The normalized spacial score (nSPS) is 30.4. The molecule has 0 bridgehead atoms. The highest BCUT2D eigenvalue weighted by molar-refractivity contribution is 4.88. The van der Waals surface area contributed by atoms with Crippen LogP contribution < -0.4 is 0 Å². The monoisotopic (exact) mass is 279 g/mol. The molecular formula is C19H37N. The van der Waals surface area contributed by atoms with Crippen LogP contribution in [0.1, 0.15) is 86.0 Å². The van der Waals surface area contributed by atoms with Gasteiger partial charge in [-0.2, -0.15) is 0 Å². The van der Waals surface area contributed by atoms with Crippen LogP contribution in [-0.2, 0) is 0 Å². The minimum Gasteiger partial charge on any atom is -0.298 e. The molecule has 1 aliphatic heterocycles. The molecule has 0 amide bonds. The van der Waals surface area contributed by atoms with E-state index in [0.717, 1.165) is 11.8 Å². The molecule has 2 aliphatic rings. The van der Waals surface area contributed by atoms with Gasteiger partial charge in [-0.15, -0.1) is 0 Å². The molecule has 20 heavy (non-hydrogen) atoms. The first-order valence-electron chi connectivity index (χ1n) is 9.04. The van der Waals surface area contributed by atoms with Crippen molar-refractivity contribution in [1.82, 2.24) is 4.90 Å². The number of hydrogen-bond acceptors (Lipinski definition) is 1. The SMILES string of the molecule is CC(C)(C)C1CCC(CC(C)(C)N2CCCCC2)CC1. The number of hydrogen-bond donors (Lipinski definition) is 0. The van der Waals surface area contributed by atoms with Crippen LogP contribution in [-0.4, -0.2) is 23.5 Å². The summed E-state index contributed by atoms with van der Waals surface area (Å²) in [5.41, 5.74) is 0.951. The van der Waals surface area contributed by atoms with Gasteiger partial charge >= 0.3 is 0 Å². The molecule has 2 rings (SSSR count). The molecule has 0 aromatic carbocycles. The van der Waals surface area contributed by atoms with Gasteiger partial charge < -0.3 is 0 Å². The maximum absolute atomic E-state index is 2.77. The van der Waals surface area contributed by atoms with E-state index in [-0.39, 0.29) is 0 Å². The van der Waals surface area contributed by atoms with E-state index in [1.165, 1.54) is 64.5 Å². The third-order valence-electron chi connectivity index (χ3n) is 6.07. The van der Waals surface area contributed by atoms with Gasteiger partial charge in [0.25, 0.3) is 0 Å². The molecule has 0 aromatic rings. The quantitative estimate of drug-likeness (QED) is 0.660. The lowest BCUT2D eigenvalue weighted by molar-refractivity contribution is 0.0555. The smallest absolute Gasteiger partial charge is 0.0155 e. The highest BCUT2D eigenvalue weighted by atomic mass is 15.2. The molecule has 0 N–H and O–H groups in total. The second-order valence-electron chi connectivity index (χ2n) is 9.15. The van der Waals surface area contributed by atoms with Crippen LogP contribution in [0.5, 0.6) is 0 Å². The Kier molecular flexibility index (Phi) is 5.21. The second-order valence-corrected chi connectivity index (χ2v) is 9.15. The van der Waals surface area contributed by atoms with Gasteiger partial charge in [-0.3, -0.25) is 4.90 Å². The van der Waals surface area contributed by atoms with Crippen molar-refractivity contribution in [2.45, 2.75) is 91.5 Å². The topological polar surface area (TPSA) is 3.24 Å². The van der Waals surface area contributed by atoms with Crippen LogP contribution in [0.15, 0.2) is 0 Å². The van der Waals surface area contributed by atoms with Gasteiger partial charge in [0.1, 0.15) is 0 Å². The molecule has 1 heteroatoms. The first-order chi connectivity index (χ1) is 9.29. The van der Waals surface area contributed by atoms with E-state index in [9.17, 15) is 0 Å². The van der Waals surface area contributed by atoms with E-state index >= 15 is 0 Å². The van der Waals surface area contributed by atoms with Crippen molar-refractivity contribution < 1.29 is 0 Å². The Morgan fingerprint density at radius 2 is 1.35 bits per heavy atom. The first-order valence-corrected chi connectivity index (χ1v) is 9.04. The molecule has 1 saturated heterocycles. The average molecular weight is 280 g/mol. The van der Waals surface area contributed by atoms with Crippen molar-refractivity contribution >= 4 is 0 Å². The summed E-state index contributed by atoms with van der Waals surface area (Å²) in [6.45, 7) is 14.9. The summed E-state index contributed by atoms with van der Waals surface area (Å²) >= 11 is 0. The molecule has 2 fully saturated rings. The summed E-state index contributed by atoms with van der Waals surface area (Å²) in [5.74, 6) is 1.93. The lowest BCUT2D eigenvalue weighted by Gasteiger charge is -2.45. The number of piperidine rings is 1. The van der Waals surface area contributed by atoms with E-state index in [1.54, 1.807) is 0 Å². The molecule has 118 valence electrons. The van der Waals surface area contributed by atoms with Gasteiger partial charge in [0.15, 0.2) is 0 Å². The van der Waals surface area contributed by atoms with Gasteiger partial charge in [-0.05, 0) is 76.3 Å². The third kappa shape index (κ3) is 4.23. The molecule has 0 spiro atoms.